The molecule has 0 aliphatic carbocycles. The number of aromatic nitrogens is 2. The van der Waals surface area contributed by atoms with Crippen LogP contribution in [0.3, 0.4) is 0 Å². The van der Waals surface area contributed by atoms with Crippen LogP contribution in [-0.4, -0.2) is 9.97 Å². The standard InChI is InChI=1S/C4H5N3O.Au/c5-3-1-2-6-4(8)7-3;/h1-2H,(H3,5,6,7,8);. The Labute approximate surface area is 67.0 Å². The Hall–Kier alpha value is -0.580. The Kier molecular flexibility index (Phi) is 3.22. The van der Waals surface area contributed by atoms with Crippen molar-refractivity contribution in [3.8, 4) is 0 Å². The number of nitrogen functional groups attached to an aromatic ring is 1. The molecule has 9 heavy (non-hydrogen) atoms. The third-order valence-electron chi connectivity index (χ3n) is 0.692. The molecule has 0 spiro atoms. The first-order valence-corrected chi connectivity index (χ1v) is 2.10. The van der Waals surface area contributed by atoms with Gasteiger partial charge in [-0.2, -0.15) is 4.98 Å². The van der Waals surface area contributed by atoms with Crippen LogP contribution in [0.25, 0.3) is 0 Å². The quantitative estimate of drug-likeness (QED) is 0.626. The molecular weight excluding hydrogens is 303 g/mol. The molecule has 1 heterocycles. The topological polar surface area (TPSA) is 71.8 Å². The van der Waals surface area contributed by atoms with Gasteiger partial charge in [-0.25, -0.2) is 4.79 Å². The van der Waals surface area contributed by atoms with Gasteiger partial charge in [-0.15, -0.1) is 0 Å². The molecule has 0 aromatic carbocycles. The van der Waals surface area contributed by atoms with Crippen molar-refractivity contribution in [3.05, 3.63) is 22.7 Å². The summed E-state index contributed by atoms with van der Waals surface area (Å²) in [6, 6.07) is 1.52. The fourth-order valence-corrected chi connectivity index (χ4v) is 0.385. The Morgan fingerprint density at radius 1 is 1.67 bits per heavy atom. The number of nitrogens with two attached hydrogens (primary N) is 1. The molecule has 0 amide bonds. The van der Waals surface area contributed by atoms with Gasteiger partial charge in [0.1, 0.15) is 5.82 Å². The first kappa shape index (κ1) is 8.42. The molecule has 0 aliphatic rings. The summed E-state index contributed by atoms with van der Waals surface area (Å²) in [7, 11) is 0. The number of rotatable bonds is 0. The van der Waals surface area contributed by atoms with Crippen LogP contribution in [0, 0.1) is 0 Å². The molecule has 0 atom stereocenters. The molecule has 0 unspecified atom stereocenters. The van der Waals surface area contributed by atoms with E-state index in [1.807, 2.05) is 0 Å². The summed E-state index contributed by atoms with van der Waals surface area (Å²) in [6.45, 7) is 0. The molecule has 0 bridgehead atoms. The van der Waals surface area contributed by atoms with Gasteiger partial charge in [0.2, 0.25) is 0 Å². The summed E-state index contributed by atoms with van der Waals surface area (Å²) >= 11 is 0. The van der Waals surface area contributed by atoms with Crippen LogP contribution in [0.2, 0.25) is 0 Å². The minimum Gasteiger partial charge on any atom is -0.383 e. The molecule has 1 rings (SSSR count). The minimum atomic E-state index is -0.412. The zero-order valence-corrected chi connectivity index (χ0v) is 6.56. The molecule has 4 nitrogen and oxygen atoms in total. The Bertz CT molecular complexity index is 233. The van der Waals surface area contributed by atoms with E-state index in [1.54, 1.807) is 0 Å². The molecule has 0 aliphatic heterocycles. The number of anilines is 1. The zero-order valence-electron chi connectivity index (χ0n) is 4.39. The molecule has 53 valence electrons. The number of hydrogen-bond donors (Lipinski definition) is 2. The van der Waals surface area contributed by atoms with E-state index in [0.717, 1.165) is 0 Å². The van der Waals surface area contributed by atoms with Gasteiger partial charge < -0.3 is 10.7 Å². The van der Waals surface area contributed by atoms with Gasteiger partial charge in [0, 0.05) is 28.6 Å². The van der Waals surface area contributed by atoms with Crippen LogP contribution < -0.4 is 11.4 Å². The van der Waals surface area contributed by atoms with Crippen molar-refractivity contribution in [2.75, 3.05) is 5.73 Å². The molecule has 1 aromatic heterocycles. The molecule has 0 saturated heterocycles. The molecule has 0 fully saturated rings. The molecule has 1 radical (unpaired) electrons. The SMILES string of the molecule is Nc1cc[nH]c(=O)n1.[Au]. The zero-order chi connectivity index (χ0) is 5.98. The van der Waals surface area contributed by atoms with E-state index in [-0.39, 0.29) is 28.2 Å². The summed E-state index contributed by atoms with van der Waals surface area (Å²) in [4.78, 5) is 15.9. The third kappa shape index (κ3) is 2.46. The summed E-state index contributed by atoms with van der Waals surface area (Å²) in [6.07, 6.45) is 1.45. The van der Waals surface area contributed by atoms with Gasteiger partial charge in [0.15, 0.2) is 0 Å². The van der Waals surface area contributed by atoms with Gasteiger partial charge >= 0.3 is 5.69 Å². The van der Waals surface area contributed by atoms with E-state index in [0.29, 0.717) is 0 Å². The third-order valence-corrected chi connectivity index (χ3v) is 0.692. The largest absolute Gasteiger partial charge is 0.383 e. The van der Waals surface area contributed by atoms with Crippen molar-refractivity contribution in [1.29, 1.82) is 0 Å². The summed E-state index contributed by atoms with van der Waals surface area (Å²) in [5.41, 5.74) is 4.72. The van der Waals surface area contributed by atoms with Crippen LogP contribution in [0.4, 0.5) is 5.82 Å². The maximum absolute atomic E-state index is 10.2. The number of hydrogen-bond acceptors (Lipinski definition) is 3. The van der Waals surface area contributed by atoms with E-state index in [9.17, 15) is 4.79 Å². The smallest absolute Gasteiger partial charge is 0.346 e. The average molecular weight is 308 g/mol. The second-order valence-corrected chi connectivity index (χ2v) is 1.32. The predicted molar refractivity (Wildman–Crippen MR) is 29.3 cm³/mol. The maximum atomic E-state index is 10.2. The first-order valence-electron chi connectivity index (χ1n) is 2.10. The van der Waals surface area contributed by atoms with Crippen molar-refractivity contribution in [1.82, 2.24) is 9.97 Å². The van der Waals surface area contributed by atoms with Gasteiger partial charge in [0.25, 0.3) is 0 Å². The van der Waals surface area contributed by atoms with Crippen LogP contribution >= 0.6 is 0 Å². The van der Waals surface area contributed by atoms with Crippen LogP contribution in [0.15, 0.2) is 17.1 Å². The van der Waals surface area contributed by atoms with E-state index in [2.05, 4.69) is 9.97 Å². The monoisotopic (exact) mass is 308 g/mol. The van der Waals surface area contributed by atoms with Crippen LogP contribution in [0.1, 0.15) is 0 Å². The fourth-order valence-electron chi connectivity index (χ4n) is 0.385. The number of nitrogens with one attached hydrogen (secondary N) is 1. The maximum Gasteiger partial charge on any atom is 0.346 e. The van der Waals surface area contributed by atoms with Gasteiger partial charge in [0.05, 0.1) is 0 Å². The summed E-state index contributed by atoms with van der Waals surface area (Å²) in [5, 5.41) is 0. The number of aromatic amines is 1. The van der Waals surface area contributed by atoms with Gasteiger partial charge in [-0.1, -0.05) is 0 Å². The van der Waals surface area contributed by atoms with Crippen molar-refractivity contribution in [2.45, 2.75) is 0 Å². The molecule has 3 N–H and O–H groups in total. The van der Waals surface area contributed by atoms with Crippen molar-refractivity contribution in [2.24, 2.45) is 0 Å². The Morgan fingerprint density at radius 3 is 2.67 bits per heavy atom. The van der Waals surface area contributed by atoms with Crippen LogP contribution in [-0.2, 0) is 22.4 Å². The Balaban J connectivity index is 0.000000640. The predicted octanol–water partition coefficient (Wildman–Crippen LogP) is -0.650. The van der Waals surface area contributed by atoms with Crippen molar-refractivity contribution >= 4 is 5.82 Å². The second kappa shape index (κ2) is 3.45. The number of nitrogens with zero attached hydrogens (tertiary/aromatic N) is 1. The molecular formula is C4H5AuN3O. The van der Waals surface area contributed by atoms with Crippen LogP contribution in [0.5, 0.6) is 0 Å². The normalized spacial score (nSPS) is 8.00. The second-order valence-electron chi connectivity index (χ2n) is 1.32. The molecule has 0 saturated carbocycles. The molecule has 1 aromatic rings. The molecule has 5 heteroatoms. The summed E-state index contributed by atoms with van der Waals surface area (Å²) in [5.74, 6) is 0.244. The van der Waals surface area contributed by atoms with Crippen molar-refractivity contribution in [3.63, 3.8) is 0 Å². The summed E-state index contributed by atoms with van der Waals surface area (Å²) < 4.78 is 0. The van der Waals surface area contributed by atoms with E-state index < -0.39 is 5.69 Å². The van der Waals surface area contributed by atoms with E-state index in [1.165, 1.54) is 12.3 Å². The van der Waals surface area contributed by atoms with Gasteiger partial charge in [-0.3, -0.25) is 0 Å². The number of H-pyrrole nitrogens is 1. The fraction of sp³-hybridized carbons (Fsp3) is 0. The first-order chi connectivity index (χ1) is 3.79. The average Bonchev–Trinajstić information content (AvgIpc) is 1.64. The van der Waals surface area contributed by atoms with Crippen molar-refractivity contribution < 1.29 is 22.4 Å². The minimum absolute atomic E-state index is 0. The Morgan fingerprint density at radius 2 is 2.33 bits per heavy atom. The van der Waals surface area contributed by atoms with Gasteiger partial charge in [-0.05, 0) is 6.07 Å². The van der Waals surface area contributed by atoms with E-state index >= 15 is 0 Å². The van der Waals surface area contributed by atoms with E-state index in [4.69, 9.17) is 5.73 Å².